The zero-order valence-corrected chi connectivity index (χ0v) is 22.7. The Kier molecular flexibility index (Phi) is 11.4. The van der Waals surface area contributed by atoms with Crippen molar-refractivity contribution < 1.29 is 38.5 Å². The fraction of sp³-hybridized carbons (Fsp3) is 0.233. The van der Waals surface area contributed by atoms with Crippen molar-refractivity contribution in [3.05, 3.63) is 108 Å². The number of hydrogen-bond acceptors (Lipinski definition) is 8. The number of aliphatic carboxylic acids is 1. The number of rotatable bonds is 13. The number of nitrogens with zero attached hydrogens (tertiary/aromatic N) is 1. The first-order chi connectivity index (χ1) is 20.2. The van der Waals surface area contributed by atoms with E-state index in [1.807, 2.05) is 0 Å². The molecular weight excluding hydrogens is 544 g/mol. The van der Waals surface area contributed by atoms with Gasteiger partial charge in [0.1, 0.15) is 19.8 Å². The second-order valence-corrected chi connectivity index (χ2v) is 9.09. The van der Waals surface area contributed by atoms with Crippen molar-refractivity contribution in [3.8, 4) is 0 Å². The first kappa shape index (κ1) is 31.1. The molecule has 0 heterocycles. The second-order valence-electron chi connectivity index (χ2n) is 9.09. The molecule has 1 atom stereocenters. The molecule has 0 radical (unpaired) electrons. The molecule has 12 nitrogen and oxygen atoms in total. The number of carboxylic acids is 1. The van der Waals surface area contributed by atoms with E-state index in [1.54, 1.807) is 91.0 Å². The summed E-state index contributed by atoms with van der Waals surface area (Å²) in [4.78, 5) is 53.8. The predicted molar refractivity (Wildman–Crippen MR) is 151 cm³/mol. The van der Waals surface area contributed by atoms with Crippen molar-refractivity contribution in [2.24, 2.45) is 5.73 Å². The van der Waals surface area contributed by atoms with Gasteiger partial charge in [0.15, 0.2) is 5.96 Å². The van der Waals surface area contributed by atoms with Gasteiger partial charge in [-0.25, -0.2) is 19.2 Å². The fourth-order valence-corrected chi connectivity index (χ4v) is 3.96. The fourth-order valence-electron chi connectivity index (χ4n) is 3.96. The Morgan fingerprint density at radius 3 is 1.52 bits per heavy atom. The normalized spacial score (nSPS) is 11.8. The first-order valence-corrected chi connectivity index (χ1v) is 13.0. The van der Waals surface area contributed by atoms with Crippen molar-refractivity contribution in [1.29, 1.82) is 5.41 Å². The average Bonchev–Trinajstić information content (AvgIpc) is 3.00. The Hall–Kier alpha value is -5.39. The van der Waals surface area contributed by atoms with Gasteiger partial charge in [-0.15, -0.1) is 0 Å². The van der Waals surface area contributed by atoms with Gasteiger partial charge in [0.2, 0.25) is 0 Å². The number of carboxylic acid groups (broad SMARTS) is 1. The smallest absolute Gasteiger partial charge is 0.421 e. The third-order valence-electron chi connectivity index (χ3n) is 6.09. The van der Waals surface area contributed by atoms with Crippen LogP contribution in [0.4, 0.5) is 9.59 Å². The number of benzene rings is 3. The van der Waals surface area contributed by atoms with E-state index >= 15 is 0 Å². The molecule has 220 valence electrons. The third-order valence-corrected chi connectivity index (χ3v) is 6.09. The molecule has 0 aliphatic heterocycles. The SMILES string of the molecule is N=C(N)NCCCC(C(=O)O)(C(=O)OCc1ccccc1)N(C(=O)OCc1ccccc1)C(=O)OCc1ccccc1. The van der Waals surface area contributed by atoms with E-state index in [1.165, 1.54) is 0 Å². The van der Waals surface area contributed by atoms with Gasteiger partial charge in [0, 0.05) is 6.54 Å². The van der Waals surface area contributed by atoms with Gasteiger partial charge >= 0.3 is 24.1 Å². The molecule has 1 unspecified atom stereocenters. The number of guanidine groups is 1. The largest absolute Gasteiger partial charge is 0.479 e. The number of imide groups is 1. The van der Waals surface area contributed by atoms with E-state index < -0.39 is 36.1 Å². The van der Waals surface area contributed by atoms with Crippen molar-refractivity contribution in [2.75, 3.05) is 6.54 Å². The van der Waals surface area contributed by atoms with E-state index in [-0.39, 0.29) is 43.6 Å². The van der Waals surface area contributed by atoms with Gasteiger partial charge in [-0.05, 0) is 29.5 Å². The number of amides is 2. The van der Waals surface area contributed by atoms with E-state index in [2.05, 4.69) is 5.32 Å². The highest BCUT2D eigenvalue weighted by atomic mass is 16.6. The van der Waals surface area contributed by atoms with Crippen LogP contribution >= 0.6 is 0 Å². The summed E-state index contributed by atoms with van der Waals surface area (Å²) in [5, 5.41) is 20.4. The average molecular weight is 577 g/mol. The number of hydrogen-bond donors (Lipinski definition) is 4. The zero-order valence-electron chi connectivity index (χ0n) is 22.7. The van der Waals surface area contributed by atoms with Gasteiger partial charge in [-0.3, -0.25) is 5.41 Å². The lowest BCUT2D eigenvalue weighted by Crippen LogP contribution is -2.65. The number of ether oxygens (including phenoxy) is 3. The monoisotopic (exact) mass is 576 g/mol. The third kappa shape index (κ3) is 8.55. The van der Waals surface area contributed by atoms with Crippen molar-refractivity contribution >= 4 is 30.1 Å². The summed E-state index contributed by atoms with van der Waals surface area (Å²) in [6, 6.07) is 25.5. The summed E-state index contributed by atoms with van der Waals surface area (Å²) >= 11 is 0. The molecule has 12 heteroatoms. The van der Waals surface area contributed by atoms with E-state index in [0.717, 1.165) is 0 Å². The Morgan fingerprint density at radius 1 is 0.738 bits per heavy atom. The summed E-state index contributed by atoms with van der Waals surface area (Å²) in [5.41, 5.74) is 4.11. The lowest BCUT2D eigenvalue weighted by molar-refractivity contribution is -0.171. The lowest BCUT2D eigenvalue weighted by Gasteiger charge is -2.35. The molecular formula is C30H32N4O8. The molecule has 0 aliphatic rings. The maximum Gasteiger partial charge on any atom is 0.421 e. The minimum absolute atomic E-state index is 0.0394. The second kappa shape index (κ2) is 15.4. The van der Waals surface area contributed by atoms with E-state index in [9.17, 15) is 24.3 Å². The van der Waals surface area contributed by atoms with Gasteiger partial charge in [-0.1, -0.05) is 91.0 Å². The number of nitrogens with two attached hydrogens (primary N) is 1. The number of carbonyl (C=O) groups excluding carboxylic acids is 3. The molecule has 3 aromatic rings. The molecule has 0 fully saturated rings. The molecule has 0 saturated carbocycles. The highest BCUT2D eigenvalue weighted by Gasteiger charge is 2.59. The topological polar surface area (TPSA) is 181 Å². The van der Waals surface area contributed by atoms with Gasteiger partial charge in [-0.2, -0.15) is 4.90 Å². The summed E-state index contributed by atoms with van der Waals surface area (Å²) in [7, 11) is 0. The summed E-state index contributed by atoms with van der Waals surface area (Å²) in [6.45, 7) is -1.000. The van der Waals surface area contributed by atoms with Crippen LogP contribution in [-0.4, -0.2) is 52.2 Å². The molecule has 3 rings (SSSR count). The quantitative estimate of drug-likeness (QED) is 0.0583. The number of carbonyl (C=O) groups is 4. The molecule has 2 amide bonds. The van der Waals surface area contributed by atoms with Crippen LogP contribution in [0.2, 0.25) is 0 Å². The molecule has 0 aliphatic carbocycles. The summed E-state index contributed by atoms with van der Waals surface area (Å²) in [6.07, 6.45) is -3.55. The maximum atomic E-state index is 13.7. The standard InChI is InChI=1S/C30H32N4O8/c31-27(32)33-18-10-17-30(25(35)36,26(37)40-19-22-11-4-1-5-12-22)34(28(38)41-20-23-13-6-2-7-14-23)29(39)42-21-24-15-8-3-9-16-24/h1-9,11-16H,10,17-21H2,(H,35,36)(H4,31,32,33). The maximum absolute atomic E-state index is 13.7. The van der Waals surface area contributed by atoms with Gasteiger partial charge < -0.3 is 30.4 Å². The van der Waals surface area contributed by atoms with Crippen LogP contribution in [0.15, 0.2) is 91.0 Å². The van der Waals surface area contributed by atoms with Crippen LogP contribution in [0.5, 0.6) is 0 Å². The first-order valence-electron chi connectivity index (χ1n) is 13.0. The van der Waals surface area contributed by atoms with Crippen LogP contribution in [0.3, 0.4) is 0 Å². The van der Waals surface area contributed by atoms with Crippen LogP contribution in [0.1, 0.15) is 29.5 Å². The Labute approximate surface area is 242 Å². The van der Waals surface area contributed by atoms with Crippen LogP contribution in [0.25, 0.3) is 0 Å². The summed E-state index contributed by atoms with van der Waals surface area (Å²) < 4.78 is 16.0. The van der Waals surface area contributed by atoms with Gasteiger partial charge in [0.05, 0.1) is 0 Å². The van der Waals surface area contributed by atoms with E-state index in [0.29, 0.717) is 16.7 Å². The molecule has 0 aromatic heterocycles. The molecule has 0 saturated heterocycles. The van der Waals surface area contributed by atoms with Crippen LogP contribution in [-0.2, 0) is 43.6 Å². The minimum Gasteiger partial charge on any atom is -0.479 e. The van der Waals surface area contributed by atoms with Crippen molar-refractivity contribution in [2.45, 2.75) is 38.2 Å². The highest BCUT2D eigenvalue weighted by Crippen LogP contribution is 2.28. The number of nitrogens with one attached hydrogen (secondary N) is 2. The molecule has 0 bridgehead atoms. The zero-order chi connectivity index (χ0) is 30.4. The Morgan fingerprint density at radius 2 is 1.14 bits per heavy atom. The predicted octanol–water partition coefficient (Wildman–Crippen LogP) is 3.79. The lowest BCUT2D eigenvalue weighted by atomic mass is 9.91. The highest BCUT2D eigenvalue weighted by molar-refractivity contribution is 6.10. The molecule has 42 heavy (non-hydrogen) atoms. The minimum atomic E-state index is -2.88. The van der Waals surface area contributed by atoms with Crippen LogP contribution in [0, 0.1) is 5.41 Å². The van der Waals surface area contributed by atoms with Gasteiger partial charge in [0.25, 0.3) is 5.54 Å². The van der Waals surface area contributed by atoms with E-state index in [4.69, 9.17) is 25.4 Å². The summed E-state index contributed by atoms with van der Waals surface area (Å²) in [5.74, 6) is -3.60. The molecule has 3 aromatic carbocycles. The Balaban J connectivity index is 1.98. The number of esters is 1. The molecule has 5 N–H and O–H groups in total. The van der Waals surface area contributed by atoms with Crippen molar-refractivity contribution in [1.82, 2.24) is 10.2 Å². The van der Waals surface area contributed by atoms with Crippen molar-refractivity contribution in [3.63, 3.8) is 0 Å². The Bertz CT molecular complexity index is 1300. The van der Waals surface area contributed by atoms with Crippen LogP contribution < -0.4 is 11.1 Å². The molecule has 0 spiro atoms.